The summed E-state index contributed by atoms with van der Waals surface area (Å²) in [6, 6.07) is 18.2. The SMILES string of the molecule is O=C1C(=c2sc3nc(-c4ccc(Cl)cc4Cl)nn3c2=O)c2ccccc2N1Cc1ccc(F)cc1. The number of carbonyl (C=O) groups is 1. The summed E-state index contributed by atoms with van der Waals surface area (Å²) in [4.78, 5) is 33.3. The summed E-state index contributed by atoms with van der Waals surface area (Å²) < 4.78 is 14.8. The quantitative estimate of drug-likeness (QED) is 0.343. The molecule has 172 valence electrons. The van der Waals surface area contributed by atoms with Crippen LogP contribution in [0.15, 0.2) is 71.5 Å². The zero-order valence-corrected chi connectivity index (χ0v) is 20.0. The fraction of sp³-hybridized carbons (Fsp3) is 0.0400. The summed E-state index contributed by atoms with van der Waals surface area (Å²) in [5.41, 5.74) is 2.52. The number of para-hydroxylation sites is 1. The van der Waals surface area contributed by atoms with Crippen LogP contribution in [0.25, 0.3) is 21.9 Å². The summed E-state index contributed by atoms with van der Waals surface area (Å²) in [5.74, 6) is -0.361. The van der Waals surface area contributed by atoms with Crippen molar-refractivity contribution < 1.29 is 9.18 Å². The molecule has 0 spiro atoms. The lowest BCUT2D eigenvalue weighted by Gasteiger charge is -2.17. The van der Waals surface area contributed by atoms with E-state index in [-0.39, 0.29) is 22.8 Å². The molecule has 35 heavy (non-hydrogen) atoms. The van der Waals surface area contributed by atoms with Gasteiger partial charge in [0.25, 0.3) is 11.5 Å². The number of carbonyl (C=O) groups excluding carboxylic acids is 1. The van der Waals surface area contributed by atoms with Crippen LogP contribution in [0.5, 0.6) is 0 Å². The number of rotatable bonds is 3. The molecule has 0 saturated heterocycles. The summed E-state index contributed by atoms with van der Waals surface area (Å²) in [6.07, 6.45) is 0. The van der Waals surface area contributed by atoms with Crippen molar-refractivity contribution in [2.75, 3.05) is 4.90 Å². The minimum atomic E-state index is -0.435. The number of fused-ring (bicyclic) bond motifs is 2. The third-order valence-electron chi connectivity index (χ3n) is 5.73. The van der Waals surface area contributed by atoms with Gasteiger partial charge in [-0.25, -0.2) is 4.39 Å². The maximum Gasteiger partial charge on any atom is 0.291 e. The highest BCUT2D eigenvalue weighted by Crippen LogP contribution is 2.36. The number of nitrogens with zero attached hydrogens (tertiary/aromatic N) is 4. The van der Waals surface area contributed by atoms with Gasteiger partial charge in [0.2, 0.25) is 4.96 Å². The molecule has 10 heteroatoms. The van der Waals surface area contributed by atoms with Gasteiger partial charge in [0, 0.05) is 16.1 Å². The molecule has 1 aliphatic heterocycles. The van der Waals surface area contributed by atoms with Gasteiger partial charge in [-0.1, -0.05) is 64.9 Å². The molecule has 0 aliphatic carbocycles. The Kier molecular flexibility index (Phi) is 5.17. The van der Waals surface area contributed by atoms with E-state index in [4.69, 9.17) is 23.2 Å². The number of halogens is 3. The molecule has 0 N–H and O–H groups in total. The van der Waals surface area contributed by atoms with Crippen LogP contribution >= 0.6 is 34.5 Å². The lowest BCUT2D eigenvalue weighted by Crippen LogP contribution is -2.32. The Labute approximate surface area is 211 Å². The van der Waals surface area contributed by atoms with Crippen LogP contribution in [0.4, 0.5) is 10.1 Å². The van der Waals surface area contributed by atoms with Gasteiger partial charge in [-0.3, -0.25) is 9.59 Å². The Balaban J connectivity index is 1.48. The molecule has 3 heterocycles. The zero-order chi connectivity index (χ0) is 24.3. The second-order valence-corrected chi connectivity index (χ2v) is 9.72. The third-order valence-corrected chi connectivity index (χ3v) is 7.31. The molecular weight excluding hydrogens is 510 g/mol. The van der Waals surface area contributed by atoms with Gasteiger partial charge in [-0.2, -0.15) is 9.50 Å². The van der Waals surface area contributed by atoms with Crippen LogP contribution in [0.1, 0.15) is 11.1 Å². The smallest absolute Gasteiger partial charge is 0.291 e. The number of hydrogen-bond acceptors (Lipinski definition) is 5. The molecule has 0 unspecified atom stereocenters. The Morgan fingerprint density at radius 2 is 1.71 bits per heavy atom. The van der Waals surface area contributed by atoms with Gasteiger partial charge < -0.3 is 4.90 Å². The fourth-order valence-corrected chi connectivity index (χ4v) is 5.59. The first kappa shape index (κ1) is 21.9. The molecule has 1 amide bonds. The lowest BCUT2D eigenvalue weighted by molar-refractivity contribution is -0.113. The maximum atomic E-state index is 13.6. The summed E-state index contributed by atoms with van der Waals surface area (Å²) in [5, 5.41) is 5.19. The second kappa shape index (κ2) is 8.27. The second-order valence-electron chi connectivity index (χ2n) is 7.90. The highest BCUT2D eigenvalue weighted by molar-refractivity contribution is 7.15. The Bertz CT molecular complexity index is 1760. The van der Waals surface area contributed by atoms with E-state index in [0.717, 1.165) is 16.9 Å². The molecule has 3 aromatic carbocycles. The van der Waals surface area contributed by atoms with Crippen molar-refractivity contribution in [3.8, 4) is 11.4 Å². The Morgan fingerprint density at radius 3 is 2.46 bits per heavy atom. The van der Waals surface area contributed by atoms with E-state index in [0.29, 0.717) is 43.2 Å². The van der Waals surface area contributed by atoms with E-state index >= 15 is 0 Å². The van der Waals surface area contributed by atoms with Gasteiger partial charge in [-0.05, 0) is 42.0 Å². The molecule has 0 bridgehead atoms. The average molecular weight is 523 g/mol. The summed E-state index contributed by atoms with van der Waals surface area (Å²) in [7, 11) is 0. The molecule has 6 rings (SSSR count). The number of thiazole rings is 1. The van der Waals surface area contributed by atoms with Crippen molar-refractivity contribution in [3.63, 3.8) is 0 Å². The molecule has 0 saturated carbocycles. The van der Waals surface area contributed by atoms with E-state index in [2.05, 4.69) is 10.1 Å². The van der Waals surface area contributed by atoms with Crippen molar-refractivity contribution in [1.82, 2.24) is 14.6 Å². The minimum Gasteiger partial charge on any atom is -0.303 e. The maximum absolute atomic E-state index is 13.6. The average Bonchev–Trinajstić information content (AvgIpc) is 3.46. The van der Waals surface area contributed by atoms with Crippen molar-refractivity contribution in [2.45, 2.75) is 6.54 Å². The molecular formula is C25H13Cl2FN4O2S. The van der Waals surface area contributed by atoms with Crippen molar-refractivity contribution in [1.29, 1.82) is 0 Å². The monoisotopic (exact) mass is 522 g/mol. The molecule has 1 aliphatic rings. The number of amides is 1. The normalized spacial score (nSPS) is 14.7. The zero-order valence-electron chi connectivity index (χ0n) is 17.7. The Hall–Kier alpha value is -3.59. The predicted molar refractivity (Wildman–Crippen MR) is 134 cm³/mol. The fourth-order valence-electron chi connectivity index (χ4n) is 4.10. The minimum absolute atomic E-state index is 0.244. The first-order chi connectivity index (χ1) is 16.9. The van der Waals surface area contributed by atoms with Crippen molar-refractivity contribution >= 4 is 56.7 Å². The molecule has 5 aromatic rings. The van der Waals surface area contributed by atoms with Crippen LogP contribution < -0.4 is 15.0 Å². The van der Waals surface area contributed by atoms with Crippen LogP contribution in [-0.4, -0.2) is 20.5 Å². The van der Waals surface area contributed by atoms with Gasteiger partial charge in [0.05, 0.1) is 22.8 Å². The highest BCUT2D eigenvalue weighted by atomic mass is 35.5. The first-order valence-corrected chi connectivity index (χ1v) is 12.0. The molecule has 6 nitrogen and oxygen atoms in total. The number of hydrogen-bond donors (Lipinski definition) is 0. The van der Waals surface area contributed by atoms with E-state index in [1.165, 1.54) is 16.6 Å². The molecule has 2 aromatic heterocycles. The van der Waals surface area contributed by atoms with E-state index < -0.39 is 5.56 Å². The van der Waals surface area contributed by atoms with Crippen LogP contribution in [0.3, 0.4) is 0 Å². The number of anilines is 1. The van der Waals surface area contributed by atoms with E-state index in [1.54, 1.807) is 35.2 Å². The Morgan fingerprint density at radius 1 is 0.943 bits per heavy atom. The van der Waals surface area contributed by atoms with Gasteiger partial charge in [0.15, 0.2) is 5.82 Å². The standard InChI is InChI=1S/C25H13Cl2FN4O2S/c26-14-7-10-16(18(27)11-14)22-29-25-32(30-22)24(34)21(35-25)20-17-3-1-2-4-19(17)31(23(20)33)12-13-5-8-15(28)9-6-13/h1-11H,12H2. The lowest BCUT2D eigenvalue weighted by atomic mass is 10.1. The van der Waals surface area contributed by atoms with Gasteiger partial charge in [-0.15, -0.1) is 5.10 Å². The van der Waals surface area contributed by atoms with Crippen LogP contribution in [0.2, 0.25) is 10.0 Å². The number of aromatic nitrogens is 3. The molecule has 0 atom stereocenters. The predicted octanol–water partition coefficient (Wildman–Crippen LogP) is 4.73. The molecule has 0 radical (unpaired) electrons. The summed E-state index contributed by atoms with van der Waals surface area (Å²) in [6.45, 7) is 0.244. The highest BCUT2D eigenvalue weighted by Gasteiger charge is 2.34. The van der Waals surface area contributed by atoms with E-state index in [9.17, 15) is 14.0 Å². The van der Waals surface area contributed by atoms with Crippen LogP contribution in [-0.2, 0) is 11.3 Å². The molecule has 0 fully saturated rings. The summed E-state index contributed by atoms with van der Waals surface area (Å²) >= 11 is 13.3. The van der Waals surface area contributed by atoms with Crippen molar-refractivity contribution in [3.05, 3.63) is 109 Å². The van der Waals surface area contributed by atoms with Gasteiger partial charge >= 0.3 is 0 Å². The third kappa shape index (κ3) is 3.61. The number of benzene rings is 3. The first-order valence-electron chi connectivity index (χ1n) is 10.5. The van der Waals surface area contributed by atoms with Crippen molar-refractivity contribution in [2.24, 2.45) is 0 Å². The topological polar surface area (TPSA) is 67.6 Å². The van der Waals surface area contributed by atoms with E-state index in [1.807, 2.05) is 24.3 Å². The largest absolute Gasteiger partial charge is 0.303 e. The van der Waals surface area contributed by atoms with Crippen LogP contribution in [0, 0.1) is 5.82 Å². The van der Waals surface area contributed by atoms with Gasteiger partial charge in [0.1, 0.15) is 10.3 Å².